The van der Waals surface area contributed by atoms with Gasteiger partial charge in [0.25, 0.3) is 0 Å². The summed E-state index contributed by atoms with van der Waals surface area (Å²) in [6.07, 6.45) is 11.0. The highest BCUT2D eigenvalue weighted by atomic mass is 16.5. The number of nitrogens with one attached hydrogen (secondary N) is 1. The molecule has 0 spiro atoms. The zero-order valence-electron chi connectivity index (χ0n) is 14.5. The molecule has 0 aromatic heterocycles. The lowest BCUT2D eigenvalue weighted by molar-refractivity contribution is -0.142. The summed E-state index contributed by atoms with van der Waals surface area (Å²) in [6, 6.07) is 1.24. The summed E-state index contributed by atoms with van der Waals surface area (Å²) in [4.78, 5) is 14.2. The molecule has 1 N–H and O–H groups in total. The Morgan fingerprint density at radius 3 is 2.64 bits per heavy atom. The first-order chi connectivity index (χ1) is 10.7. The van der Waals surface area contributed by atoms with Crippen molar-refractivity contribution in [3.8, 4) is 0 Å². The van der Waals surface area contributed by atoms with E-state index in [4.69, 9.17) is 4.74 Å². The third kappa shape index (κ3) is 5.88. The molecule has 0 aromatic rings. The zero-order chi connectivity index (χ0) is 15.8. The second kappa shape index (κ2) is 9.51. The van der Waals surface area contributed by atoms with Crippen molar-refractivity contribution in [2.75, 3.05) is 26.7 Å². The Labute approximate surface area is 136 Å². The number of hydrogen-bond donors (Lipinski definition) is 1. The Bertz CT molecular complexity index is 329. The molecule has 128 valence electrons. The number of unbranched alkanes of at least 4 members (excludes halogenated alkanes) is 1. The van der Waals surface area contributed by atoms with Crippen molar-refractivity contribution in [3.63, 3.8) is 0 Å². The number of ether oxygens (including phenoxy) is 1. The topological polar surface area (TPSA) is 41.6 Å². The Morgan fingerprint density at radius 1 is 1.18 bits per heavy atom. The number of esters is 1. The molecule has 2 fully saturated rings. The first-order valence-electron chi connectivity index (χ1n) is 9.26. The Balaban J connectivity index is 1.87. The van der Waals surface area contributed by atoms with E-state index < -0.39 is 0 Å². The molecule has 2 atom stereocenters. The maximum atomic E-state index is 11.6. The van der Waals surface area contributed by atoms with Gasteiger partial charge in [-0.2, -0.15) is 0 Å². The van der Waals surface area contributed by atoms with Gasteiger partial charge >= 0.3 is 5.97 Å². The average molecular weight is 310 g/mol. The number of nitrogens with zero attached hydrogens (tertiary/aromatic N) is 1. The van der Waals surface area contributed by atoms with E-state index in [1.54, 1.807) is 0 Å². The molecule has 1 saturated heterocycles. The highest BCUT2D eigenvalue weighted by Gasteiger charge is 2.30. The Kier molecular flexibility index (Phi) is 7.67. The second-order valence-electron chi connectivity index (χ2n) is 7.19. The van der Waals surface area contributed by atoms with Crippen molar-refractivity contribution in [1.29, 1.82) is 0 Å². The molecule has 2 unspecified atom stereocenters. The predicted octanol–water partition coefficient (Wildman–Crippen LogP) is 2.96. The molecule has 1 saturated carbocycles. The summed E-state index contributed by atoms with van der Waals surface area (Å²) in [5, 5.41) is 3.89. The quantitative estimate of drug-likeness (QED) is 0.734. The van der Waals surface area contributed by atoms with E-state index in [2.05, 4.69) is 17.1 Å². The zero-order valence-corrected chi connectivity index (χ0v) is 14.5. The van der Waals surface area contributed by atoms with Crippen molar-refractivity contribution >= 4 is 5.97 Å². The lowest BCUT2D eigenvalue weighted by atomic mass is 9.89. The molecular weight excluding hydrogens is 276 g/mol. The second-order valence-corrected chi connectivity index (χ2v) is 7.19. The molecule has 2 aliphatic rings. The van der Waals surface area contributed by atoms with Gasteiger partial charge in [-0.25, -0.2) is 0 Å². The van der Waals surface area contributed by atoms with Gasteiger partial charge in [-0.05, 0) is 38.1 Å². The minimum Gasteiger partial charge on any atom is -0.469 e. The van der Waals surface area contributed by atoms with Gasteiger partial charge in [-0.3, -0.25) is 4.79 Å². The van der Waals surface area contributed by atoms with Gasteiger partial charge in [0, 0.05) is 31.6 Å². The van der Waals surface area contributed by atoms with Crippen molar-refractivity contribution in [2.45, 2.75) is 76.8 Å². The highest BCUT2D eigenvalue weighted by Crippen LogP contribution is 2.24. The van der Waals surface area contributed by atoms with Gasteiger partial charge in [0.1, 0.15) is 0 Å². The molecule has 0 bridgehead atoms. The van der Waals surface area contributed by atoms with Crippen LogP contribution in [0.4, 0.5) is 0 Å². The van der Waals surface area contributed by atoms with Crippen LogP contribution in [0, 0.1) is 5.92 Å². The monoisotopic (exact) mass is 310 g/mol. The summed E-state index contributed by atoms with van der Waals surface area (Å²) < 4.78 is 4.88. The third-order valence-corrected chi connectivity index (χ3v) is 5.20. The number of methoxy groups -OCH3 is 1. The van der Waals surface area contributed by atoms with E-state index in [9.17, 15) is 4.79 Å². The molecule has 1 aliphatic carbocycles. The molecule has 4 nitrogen and oxygen atoms in total. The van der Waals surface area contributed by atoms with E-state index in [0.717, 1.165) is 26.1 Å². The molecule has 1 heterocycles. The molecule has 1 aliphatic heterocycles. The summed E-state index contributed by atoms with van der Waals surface area (Å²) in [7, 11) is 1.50. The van der Waals surface area contributed by atoms with Crippen LogP contribution < -0.4 is 5.32 Å². The van der Waals surface area contributed by atoms with Crippen molar-refractivity contribution in [2.24, 2.45) is 5.92 Å². The fourth-order valence-corrected chi connectivity index (χ4v) is 4.06. The van der Waals surface area contributed by atoms with Crippen LogP contribution in [-0.4, -0.2) is 49.7 Å². The van der Waals surface area contributed by atoms with Crippen molar-refractivity contribution < 1.29 is 9.53 Å². The van der Waals surface area contributed by atoms with Crippen LogP contribution in [0.3, 0.4) is 0 Å². The first-order valence-corrected chi connectivity index (χ1v) is 9.26. The smallest absolute Gasteiger partial charge is 0.305 e. The van der Waals surface area contributed by atoms with Crippen LogP contribution in [0.5, 0.6) is 0 Å². The molecule has 4 heteroatoms. The SMILES string of the molecule is CCCCN1CC(CC(=O)OC)CC(NC2CCCCC2)C1. The normalized spacial score (nSPS) is 27.7. The van der Waals surface area contributed by atoms with Crippen LogP contribution >= 0.6 is 0 Å². The first kappa shape index (κ1) is 17.7. The number of rotatable bonds is 7. The molecule has 0 radical (unpaired) electrons. The third-order valence-electron chi connectivity index (χ3n) is 5.20. The molecule has 0 aromatic carbocycles. The van der Waals surface area contributed by atoms with E-state index >= 15 is 0 Å². The largest absolute Gasteiger partial charge is 0.469 e. The molecular formula is C18H34N2O2. The molecule has 2 rings (SSSR count). The average Bonchev–Trinajstić information content (AvgIpc) is 2.53. The van der Waals surface area contributed by atoms with Crippen LogP contribution in [0.2, 0.25) is 0 Å². The highest BCUT2D eigenvalue weighted by molar-refractivity contribution is 5.69. The Hall–Kier alpha value is -0.610. The molecule has 22 heavy (non-hydrogen) atoms. The van der Waals surface area contributed by atoms with Crippen LogP contribution in [-0.2, 0) is 9.53 Å². The predicted molar refractivity (Wildman–Crippen MR) is 89.9 cm³/mol. The maximum absolute atomic E-state index is 11.6. The standard InChI is InChI=1S/C18H34N2O2/c1-3-4-10-20-13-15(12-18(21)22-2)11-17(14-20)19-16-8-6-5-7-9-16/h15-17,19H,3-14H2,1-2H3. The summed E-state index contributed by atoms with van der Waals surface area (Å²) in [6.45, 7) is 5.61. The maximum Gasteiger partial charge on any atom is 0.305 e. The lowest BCUT2D eigenvalue weighted by Crippen LogP contribution is -2.52. The van der Waals surface area contributed by atoms with Gasteiger partial charge in [0.05, 0.1) is 7.11 Å². The van der Waals surface area contributed by atoms with Crippen molar-refractivity contribution in [1.82, 2.24) is 10.2 Å². The van der Waals surface area contributed by atoms with Gasteiger partial charge < -0.3 is 15.0 Å². The van der Waals surface area contributed by atoms with Gasteiger partial charge in [0.15, 0.2) is 0 Å². The van der Waals surface area contributed by atoms with E-state index in [0.29, 0.717) is 24.4 Å². The lowest BCUT2D eigenvalue weighted by Gasteiger charge is -2.40. The number of carbonyl (C=O) groups is 1. The number of hydrogen-bond acceptors (Lipinski definition) is 4. The summed E-state index contributed by atoms with van der Waals surface area (Å²) >= 11 is 0. The molecule has 0 amide bonds. The number of likely N-dealkylation sites (tertiary alicyclic amines) is 1. The fraction of sp³-hybridized carbons (Fsp3) is 0.944. The Morgan fingerprint density at radius 2 is 1.95 bits per heavy atom. The summed E-state index contributed by atoms with van der Waals surface area (Å²) in [5.41, 5.74) is 0. The minimum atomic E-state index is -0.0567. The van der Waals surface area contributed by atoms with Crippen molar-refractivity contribution in [3.05, 3.63) is 0 Å². The minimum absolute atomic E-state index is 0.0567. The van der Waals surface area contributed by atoms with Crippen LogP contribution in [0.25, 0.3) is 0 Å². The van der Waals surface area contributed by atoms with E-state index in [1.807, 2.05) is 0 Å². The van der Waals surface area contributed by atoms with Gasteiger partial charge in [-0.15, -0.1) is 0 Å². The van der Waals surface area contributed by atoms with Gasteiger partial charge in [-0.1, -0.05) is 32.6 Å². The number of piperidine rings is 1. The number of carbonyl (C=O) groups excluding carboxylic acids is 1. The van der Waals surface area contributed by atoms with E-state index in [1.165, 1.54) is 52.1 Å². The summed E-state index contributed by atoms with van der Waals surface area (Å²) in [5.74, 6) is 0.387. The van der Waals surface area contributed by atoms with Gasteiger partial charge in [0.2, 0.25) is 0 Å². The van der Waals surface area contributed by atoms with Crippen LogP contribution in [0.1, 0.15) is 64.7 Å². The fourth-order valence-electron chi connectivity index (χ4n) is 4.06. The van der Waals surface area contributed by atoms with E-state index in [-0.39, 0.29) is 5.97 Å². The van der Waals surface area contributed by atoms with Crippen LogP contribution in [0.15, 0.2) is 0 Å².